The molecule has 1 nitrogen and oxygen atoms in total. The van der Waals surface area contributed by atoms with Crippen LogP contribution >= 0.6 is 0 Å². The predicted octanol–water partition coefficient (Wildman–Crippen LogP) is 4.75. The van der Waals surface area contributed by atoms with Crippen LogP contribution in [0.2, 0.25) is 0 Å². The standard InChI is InChI=1S/C18H29N/c1-14-10-11-17(12-15(14)2)13-19-16(3)18-8-6-4-5-7-9-18/h10-12,16,18-19H,4-9,13H2,1-3H3/t16-/m1/s1. The van der Waals surface area contributed by atoms with E-state index in [1.807, 2.05) is 0 Å². The Morgan fingerprint density at radius 1 is 1.05 bits per heavy atom. The molecule has 1 saturated carbocycles. The van der Waals surface area contributed by atoms with Crippen molar-refractivity contribution in [1.29, 1.82) is 0 Å². The molecular weight excluding hydrogens is 230 g/mol. The highest BCUT2D eigenvalue weighted by molar-refractivity contribution is 5.29. The molecule has 19 heavy (non-hydrogen) atoms. The highest BCUT2D eigenvalue weighted by Crippen LogP contribution is 2.25. The Kier molecular flexibility index (Phi) is 5.45. The molecule has 2 rings (SSSR count). The fourth-order valence-corrected chi connectivity index (χ4v) is 3.17. The van der Waals surface area contributed by atoms with Crippen LogP contribution in [0, 0.1) is 19.8 Å². The quantitative estimate of drug-likeness (QED) is 0.769. The maximum absolute atomic E-state index is 3.74. The fraction of sp³-hybridized carbons (Fsp3) is 0.667. The maximum Gasteiger partial charge on any atom is 0.0208 e. The van der Waals surface area contributed by atoms with Crippen LogP contribution in [-0.2, 0) is 6.54 Å². The fourth-order valence-electron chi connectivity index (χ4n) is 3.17. The van der Waals surface area contributed by atoms with Crippen LogP contribution in [0.15, 0.2) is 18.2 Å². The van der Waals surface area contributed by atoms with E-state index in [2.05, 4.69) is 44.3 Å². The molecule has 0 aromatic heterocycles. The summed E-state index contributed by atoms with van der Waals surface area (Å²) in [7, 11) is 0. The van der Waals surface area contributed by atoms with E-state index in [0.717, 1.165) is 12.5 Å². The van der Waals surface area contributed by atoms with Gasteiger partial charge in [0, 0.05) is 12.6 Å². The van der Waals surface area contributed by atoms with Crippen molar-refractivity contribution in [2.75, 3.05) is 0 Å². The highest BCUT2D eigenvalue weighted by Gasteiger charge is 2.18. The lowest BCUT2D eigenvalue weighted by molar-refractivity contribution is 0.336. The van der Waals surface area contributed by atoms with E-state index in [9.17, 15) is 0 Å². The van der Waals surface area contributed by atoms with Crippen molar-refractivity contribution in [2.45, 2.75) is 71.9 Å². The second kappa shape index (κ2) is 7.09. The first-order valence-corrected chi connectivity index (χ1v) is 7.96. The van der Waals surface area contributed by atoms with Gasteiger partial charge in [0.15, 0.2) is 0 Å². The van der Waals surface area contributed by atoms with Crippen molar-refractivity contribution in [2.24, 2.45) is 5.92 Å². The number of rotatable bonds is 4. The number of hydrogen-bond donors (Lipinski definition) is 1. The predicted molar refractivity (Wildman–Crippen MR) is 83.4 cm³/mol. The third-order valence-corrected chi connectivity index (χ3v) is 4.81. The van der Waals surface area contributed by atoms with Crippen LogP contribution in [0.3, 0.4) is 0 Å². The largest absolute Gasteiger partial charge is 0.310 e. The normalized spacial score (nSPS) is 19.1. The number of benzene rings is 1. The third-order valence-electron chi connectivity index (χ3n) is 4.81. The van der Waals surface area contributed by atoms with E-state index in [1.165, 1.54) is 55.2 Å². The summed E-state index contributed by atoms with van der Waals surface area (Å²) in [5, 5.41) is 3.74. The summed E-state index contributed by atoms with van der Waals surface area (Å²) >= 11 is 0. The summed E-state index contributed by atoms with van der Waals surface area (Å²) in [5.41, 5.74) is 4.21. The molecule has 1 N–H and O–H groups in total. The second-order valence-corrected chi connectivity index (χ2v) is 6.34. The Labute approximate surface area is 118 Å². The molecule has 1 aliphatic carbocycles. The molecule has 1 aliphatic rings. The summed E-state index contributed by atoms with van der Waals surface area (Å²) in [6.45, 7) is 7.77. The summed E-state index contributed by atoms with van der Waals surface area (Å²) in [4.78, 5) is 0. The molecular formula is C18H29N. The Balaban J connectivity index is 1.84. The van der Waals surface area contributed by atoms with Crippen LogP contribution in [-0.4, -0.2) is 6.04 Å². The first-order valence-electron chi connectivity index (χ1n) is 7.96. The van der Waals surface area contributed by atoms with Crippen molar-refractivity contribution >= 4 is 0 Å². The van der Waals surface area contributed by atoms with E-state index in [4.69, 9.17) is 0 Å². The van der Waals surface area contributed by atoms with Crippen molar-refractivity contribution in [3.8, 4) is 0 Å². The van der Waals surface area contributed by atoms with Gasteiger partial charge in [-0.15, -0.1) is 0 Å². The van der Waals surface area contributed by atoms with Gasteiger partial charge >= 0.3 is 0 Å². The Morgan fingerprint density at radius 3 is 2.37 bits per heavy atom. The molecule has 1 aromatic rings. The molecule has 0 aliphatic heterocycles. The average molecular weight is 259 g/mol. The van der Waals surface area contributed by atoms with E-state index in [1.54, 1.807) is 0 Å². The minimum Gasteiger partial charge on any atom is -0.310 e. The minimum atomic E-state index is 0.653. The van der Waals surface area contributed by atoms with Gasteiger partial charge in [-0.1, -0.05) is 43.9 Å². The lowest BCUT2D eigenvalue weighted by atomic mass is 9.93. The van der Waals surface area contributed by atoms with Crippen LogP contribution in [0.25, 0.3) is 0 Å². The zero-order chi connectivity index (χ0) is 13.7. The van der Waals surface area contributed by atoms with Gasteiger partial charge in [0.1, 0.15) is 0 Å². The topological polar surface area (TPSA) is 12.0 Å². The van der Waals surface area contributed by atoms with Crippen molar-refractivity contribution in [1.82, 2.24) is 5.32 Å². The molecule has 0 bridgehead atoms. The van der Waals surface area contributed by atoms with Gasteiger partial charge in [-0.3, -0.25) is 0 Å². The lowest BCUT2D eigenvalue weighted by Gasteiger charge is -2.24. The number of hydrogen-bond acceptors (Lipinski definition) is 1. The Hall–Kier alpha value is -0.820. The van der Waals surface area contributed by atoms with Gasteiger partial charge in [-0.25, -0.2) is 0 Å². The van der Waals surface area contributed by atoms with E-state index in [0.29, 0.717) is 6.04 Å². The molecule has 1 atom stereocenters. The molecule has 1 fully saturated rings. The zero-order valence-electron chi connectivity index (χ0n) is 12.8. The van der Waals surface area contributed by atoms with Crippen molar-refractivity contribution in [3.63, 3.8) is 0 Å². The van der Waals surface area contributed by atoms with Gasteiger partial charge in [0.05, 0.1) is 0 Å². The molecule has 0 unspecified atom stereocenters. The van der Waals surface area contributed by atoms with Crippen LogP contribution in [0.5, 0.6) is 0 Å². The van der Waals surface area contributed by atoms with Crippen LogP contribution in [0.4, 0.5) is 0 Å². The average Bonchev–Trinajstić information content (AvgIpc) is 2.69. The van der Waals surface area contributed by atoms with E-state index in [-0.39, 0.29) is 0 Å². The molecule has 0 spiro atoms. The first kappa shape index (κ1) is 14.6. The third kappa shape index (κ3) is 4.35. The molecule has 0 amide bonds. The smallest absolute Gasteiger partial charge is 0.0208 e. The van der Waals surface area contributed by atoms with Gasteiger partial charge in [0.2, 0.25) is 0 Å². The van der Waals surface area contributed by atoms with Crippen LogP contribution < -0.4 is 5.32 Å². The van der Waals surface area contributed by atoms with Gasteiger partial charge in [-0.2, -0.15) is 0 Å². The maximum atomic E-state index is 3.74. The Morgan fingerprint density at radius 2 is 1.74 bits per heavy atom. The molecule has 1 heteroatoms. The minimum absolute atomic E-state index is 0.653. The summed E-state index contributed by atoms with van der Waals surface area (Å²) in [5.74, 6) is 0.883. The second-order valence-electron chi connectivity index (χ2n) is 6.34. The van der Waals surface area contributed by atoms with Crippen molar-refractivity contribution in [3.05, 3.63) is 34.9 Å². The SMILES string of the molecule is Cc1ccc(CN[C@H](C)C2CCCCCC2)cc1C. The lowest BCUT2D eigenvalue weighted by Crippen LogP contribution is -2.32. The van der Waals surface area contributed by atoms with Gasteiger partial charge in [-0.05, 0) is 56.2 Å². The number of aryl methyl sites for hydroxylation is 2. The summed E-state index contributed by atoms with van der Waals surface area (Å²) in [6.07, 6.45) is 8.59. The molecule has 0 saturated heterocycles. The monoisotopic (exact) mass is 259 g/mol. The van der Waals surface area contributed by atoms with E-state index < -0.39 is 0 Å². The first-order chi connectivity index (χ1) is 9.16. The van der Waals surface area contributed by atoms with Gasteiger partial charge < -0.3 is 5.32 Å². The zero-order valence-corrected chi connectivity index (χ0v) is 12.8. The number of nitrogens with one attached hydrogen (secondary N) is 1. The Bertz CT molecular complexity index is 389. The molecule has 0 heterocycles. The summed E-state index contributed by atoms with van der Waals surface area (Å²) in [6, 6.07) is 7.47. The molecule has 106 valence electrons. The molecule has 1 aromatic carbocycles. The highest BCUT2D eigenvalue weighted by atomic mass is 14.9. The van der Waals surface area contributed by atoms with Crippen LogP contribution in [0.1, 0.15) is 62.1 Å². The van der Waals surface area contributed by atoms with E-state index >= 15 is 0 Å². The van der Waals surface area contributed by atoms with Crippen molar-refractivity contribution < 1.29 is 0 Å². The molecule has 0 radical (unpaired) electrons. The summed E-state index contributed by atoms with van der Waals surface area (Å²) < 4.78 is 0. The van der Waals surface area contributed by atoms with Gasteiger partial charge in [0.25, 0.3) is 0 Å².